The molecule has 2 aromatic rings. The fourth-order valence-corrected chi connectivity index (χ4v) is 3.57. The van der Waals surface area contributed by atoms with Gasteiger partial charge in [0.2, 0.25) is 0 Å². The van der Waals surface area contributed by atoms with Crippen LogP contribution in [0, 0.1) is 0 Å². The minimum atomic E-state index is -0.0747. The highest BCUT2D eigenvalue weighted by molar-refractivity contribution is 5.91. The first-order chi connectivity index (χ1) is 11.8. The van der Waals surface area contributed by atoms with Gasteiger partial charge in [-0.15, -0.1) is 0 Å². The van der Waals surface area contributed by atoms with Gasteiger partial charge in [0.1, 0.15) is 6.10 Å². The zero-order valence-electron chi connectivity index (χ0n) is 13.3. The maximum absolute atomic E-state index is 12.6. The molecule has 3 heterocycles. The van der Waals surface area contributed by atoms with Crippen molar-refractivity contribution in [3.8, 4) is 0 Å². The summed E-state index contributed by atoms with van der Waals surface area (Å²) in [6.45, 7) is 1.63. The molecular weight excluding hydrogens is 308 g/mol. The van der Waals surface area contributed by atoms with Crippen LogP contribution in [0.3, 0.4) is 0 Å². The highest BCUT2D eigenvalue weighted by atomic mass is 16.5. The highest BCUT2D eigenvalue weighted by Crippen LogP contribution is 2.33. The Bertz CT molecular complexity index is 674. The normalized spacial score (nSPS) is 26.3. The van der Waals surface area contributed by atoms with E-state index in [1.807, 2.05) is 17.0 Å². The molecule has 2 aromatic heterocycles. The van der Waals surface area contributed by atoms with Crippen molar-refractivity contribution in [1.29, 1.82) is 0 Å². The first-order valence-electron chi connectivity index (χ1n) is 8.29. The average molecular weight is 328 g/mol. The number of pyridine rings is 1. The molecular formula is C18H20N2O4. The lowest BCUT2D eigenvalue weighted by Crippen LogP contribution is -2.53. The van der Waals surface area contributed by atoms with E-state index < -0.39 is 0 Å². The predicted octanol–water partition coefficient (Wildman–Crippen LogP) is 2.26. The van der Waals surface area contributed by atoms with Gasteiger partial charge in [0.25, 0.3) is 5.91 Å². The van der Waals surface area contributed by atoms with E-state index in [2.05, 4.69) is 4.98 Å². The second kappa shape index (κ2) is 6.75. The van der Waals surface area contributed by atoms with Gasteiger partial charge in [-0.1, -0.05) is 6.07 Å². The number of hydrogen-bond acceptors (Lipinski definition) is 5. The van der Waals surface area contributed by atoms with Crippen molar-refractivity contribution in [3.63, 3.8) is 0 Å². The summed E-state index contributed by atoms with van der Waals surface area (Å²) >= 11 is 0. The Morgan fingerprint density at radius 3 is 3.08 bits per heavy atom. The minimum absolute atomic E-state index is 0.00223. The van der Waals surface area contributed by atoms with E-state index in [0.29, 0.717) is 25.5 Å². The maximum atomic E-state index is 12.6. The summed E-state index contributed by atoms with van der Waals surface area (Å²) in [4.78, 5) is 18.6. The fourth-order valence-electron chi connectivity index (χ4n) is 3.57. The molecule has 1 saturated carbocycles. The van der Waals surface area contributed by atoms with Crippen LogP contribution in [0.2, 0.25) is 0 Å². The summed E-state index contributed by atoms with van der Waals surface area (Å²) in [5.41, 5.74) is 1.04. The molecule has 2 aliphatic rings. The Morgan fingerprint density at radius 2 is 2.29 bits per heavy atom. The van der Waals surface area contributed by atoms with Gasteiger partial charge in [0.15, 0.2) is 5.76 Å². The zero-order chi connectivity index (χ0) is 16.4. The topological polar surface area (TPSA) is 64.8 Å². The lowest BCUT2D eigenvalue weighted by atomic mass is 10.1. The van der Waals surface area contributed by atoms with Gasteiger partial charge in [-0.2, -0.15) is 0 Å². The third-order valence-corrected chi connectivity index (χ3v) is 4.72. The fraction of sp³-hybridized carbons (Fsp3) is 0.444. The molecule has 0 bridgehead atoms. The lowest BCUT2D eigenvalue weighted by Gasteiger charge is -2.38. The number of carbonyl (C=O) groups excluding carboxylic acids is 1. The van der Waals surface area contributed by atoms with Crippen molar-refractivity contribution in [2.45, 2.75) is 37.7 Å². The van der Waals surface area contributed by atoms with Crippen molar-refractivity contribution in [2.24, 2.45) is 0 Å². The molecule has 1 aliphatic carbocycles. The second-order valence-corrected chi connectivity index (χ2v) is 6.17. The largest absolute Gasteiger partial charge is 0.459 e. The van der Waals surface area contributed by atoms with Crippen LogP contribution in [0.4, 0.5) is 0 Å². The Morgan fingerprint density at radius 1 is 1.33 bits per heavy atom. The van der Waals surface area contributed by atoms with Gasteiger partial charge in [-0.25, -0.2) is 0 Å². The number of ether oxygens (including phenoxy) is 2. The van der Waals surface area contributed by atoms with Gasteiger partial charge in [0.05, 0.1) is 31.6 Å². The molecule has 0 N–H and O–H groups in total. The molecule has 0 aromatic carbocycles. The number of hydrogen-bond donors (Lipinski definition) is 0. The summed E-state index contributed by atoms with van der Waals surface area (Å²) in [6.07, 6.45) is 6.78. The Labute approximate surface area is 140 Å². The van der Waals surface area contributed by atoms with Crippen LogP contribution in [-0.4, -0.2) is 47.2 Å². The summed E-state index contributed by atoms with van der Waals surface area (Å²) in [7, 11) is 0. The molecule has 126 valence electrons. The number of amides is 1. The molecule has 0 unspecified atom stereocenters. The SMILES string of the molecule is O=C(c1ccco1)N1CCO[C@H]2[C@@H](OCc3cccnc3)CC[C@@H]21. The Hall–Kier alpha value is -2.18. The number of carbonyl (C=O) groups is 1. The summed E-state index contributed by atoms with van der Waals surface area (Å²) in [5.74, 6) is 0.321. The first-order valence-corrected chi connectivity index (χ1v) is 8.29. The smallest absolute Gasteiger partial charge is 0.289 e. The molecule has 0 radical (unpaired) electrons. The summed E-state index contributed by atoms with van der Waals surface area (Å²) in [5, 5.41) is 0. The van der Waals surface area contributed by atoms with E-state index in [4.69, 9.17) is 13.9 Å². The molecule has 2 fully saturated rings. The monoisotopic (exact) mass is 328 g/mol. The van der Waals surface area contributed by atoms with E-state index >= 15 is 0 Å². The number of aromatic nitrogens is 1. The highest BCUT2D eigenvalue weighted by Gasteiger charge is 2.45. The van der Waals surface area contributed by atoms with E-state index in [-0.39, 0.29) is 24.2 Å². The van der Waals surface area contributed by atoms with Gasteiger partial charge < -0.3 is 18.8 Å². The first kappa shape index (κ1) is 15.4. The number of fused-ring (bicyclic) bond motifs is 1. The van der Waals surface area contributed by atoms with E-state index in [1.54, 1.807) is 24.5 Å². The molecule has 6 heteroatoms. The molecule has 3 atom stereocenters. The molecule has 6 nitrogen and oxygen atoms in total. The summed E-state index contributed by atoms with van der Waals surface area (Å²) in [6, 6.07) is 7.39. The van der Waals surface area contributed by atoms with Crippen LogP contribution in [0.5, 0.6) is 0 Å². The molecule has 24 heavy (non-hydrogen) atoms. The third kappa shape index (κ3) is 2.95. The van der Waals surface area contributed by atoms with Crippen molar-refractivity contribution in [1.82, 2.24) is 9.88 Å². The standard InChI is InChI=1S/C18H20N2O4/c21-18(16-4-2-9-22-16)20-8-10-23-17-14(20)5-6-15(17)24-12-13-3-1-7-19-11-13/h1-4,7,9,11,14-15,17H,5-6,8,10,12H2/t14-,15-,17+/m0/s1. The van der Waals surface area contributed by atoms with Crippen molar-refractivity contribution in [3.05, 3.63) is 54.2 Å². The maximum Gasteiger partial charge on any atom is 0.289 e. The molecule has 4 rings (SSSR count). The van der Waals surface area contributed by atoms with Crippen molar-refractivity contribution in [2.75, 3.05) is 13.2 Å². The Balaban J connectivity index is 1.42. The Kier molecular flexibility index (Phi) is 4.32. The average Bonchev–Trinajstić information content (AvgIpc) is 3.30. The van der Waals surface area contributed by atoms with Crippen LogP contribution >= 0.6 is 0 Å². The number of rotatable bonds is 4. The lowest BCUT2D eigenvalue weighted by molar-refractivity contribution is -0.108. The quantitative estimate of drug-likeness (QED) is 0.861. The van der Waals surface area contributed by atoms with Crippen LogP contribution in [0.25, 0.3) is 0 Å². The van der Waals surface area contributed by atoms with E-state index in [9.17, 15) is 4.79 Å². The second-order valence-electron chi connectivity index (χ2n) is 6.17. The number of nitrogens with zero attached hydrogens (tertiary/aromatic N) is 2. The minimum Gasteiger partial charge on any atom is -0.459 e. The van der Waals surface area contributed by atoms with Gasteiger partial charge in [-0.3, -0.25) is 9.78 Å². The molecule has 1 aliphatic heterocycles. The van der Waals surface area contributed by atoms with Gasteiger partial charge in [-0.05, 0) is 36.6 Å². The van der Waals surface area contributed by atoms with Crippen LogP contribution in [-0.2, 0) is 16.1 Å². The van der Waals surface area contributed by atoms with Crippen LogP contribution < -0.4 is 0 Å². The summed E-state index contributed by atoms with van der Waals surface area (Å²) < 4.78 is 17.2. The van der Waals surface area contributed by atoms with E-state index in [0.717, 1.165) is 18.4 Å². The van der Waals surface area contributed by atoms with Crippen molar-refractivity contribution < 1.29 is 18.7 Å². The van der Waals surface area contributed by atoms with E-state index in [1.165, 1.54) is 6.26 Å². The zero-order valence-corrected chi connectivity index (χ0v) is 13.3. The van der Waals surface area contributed by atoms with Gasteiger partial charge >= 0.3 is 0 Å². The molecule has 0 spiro atoms. The number of furan rings is 1. The van der Waals surface area contributed by atoms with Crippen molar-refractivity contribution >= 4 is 5.91 Å². The van der Waals surface area contributed by atoms with Crippen LogP contribution in [0.1, 0.15) is 29.0 Å². The van der Waals surface area contributed by atoms with Crippen LogP contribution in [0.15, 0.2) is 47.3 Å². The number of morpholine rings is 1. The predicted molar refractivity (Wildman–Crippen MR) is 85.3 cm³/mol. The third-order valence-electron chi connectivity index (χ3n) is 4.72. The molecule has 1 amide bonds. The van der Waals surface area contributed by atoms with Gasteiger partial charge in [0, 0.05) is 18.9 Å². The molecule has 1 saturated heterocycles.